The molecular formula is C29H23ClN2O6S. The summed E-state index contributed by atoms with van der Waals surface area (Å²) in [5, 5.41) is 12.3. The van der Waals surface area contributed by atoms with E-state index >= 15 is 0 Å². The van der Waals surface area contributed by atoms with Gasteiger partial charge in [0.25, 0.3) is 5.78 Å². The van der Waals surface area contributed by atoms with E-state index in [1.807, 2.05) is 6.92 Å². The molecule has 3 heterocycles. The highest BCUT2D eigenvalue weighted by Gasteiger charge is 2.48. The molecule has 1 N–H and O–H groups in total. The zero-order chi connectivity index (χ0) is 27.1. The number of ketones is 1. The van der Waals surface area contributed by atoms with Gasteiger partial charge in [0.05, 0.1) is 28.4 Å². The molecule has 1 aromatic heterocycles. The quantitative estimate of drug-likeness (QED) is 0.171. The third kappa shape index (κ3) is 4.57. The molecule has 198 valence electrons. The van der Waals surface area contributed by atoms with Gasteiger partial charge in [-0.2, -0.15) is 0 Å². The van der Waals surface area contributed by atoms with E-state index in [4.69, 9.17) is 25.8 Å². The van der Waals surface area contributed by atoms with Gasteiger partial charge in [-0.1, -0.05) is 42.0 Å². The normalized spacial score (nSPS) is 18.1. The van der Waals surface area contributed by atoms with Crippen LogP contribution in [0.2, 0.25) is 5.02 Å². The molecule has 0 saturated carbocycles. The first-order valence-corrected chi connectivity index (χ1v) is 13.6. The number of benzene rings is 3. The minimum atomic E-state index is -0.922. The van der Waals surface area contributed by atoms with Crippen molar-refractivity contribution in [2.75, 3.05) is 24.7 Å². The highest BCUT2D eigenvalue weighted by Crippen LogP contribution is 2.45. The summed E-state index contributed by atoms with van der Waals surface area (Å²) in [6, 6.07) is 16.4. The Morgan fingerprint density at radius 2 is 1.85 bits per heavy atom. The van der Waals surface area contributed by atoms with Crippen LogP contribution in [0.25, 0.3) is 16.0 Å². The first-order valence-electron chi connectivity index (χ1n) is 12.4. The summed E-state index contributed by atoms with van der Waals surface area (Å²) in [6.45, 7) is 3.38. The number of aliphatic hydroxyl groups is 1. The monoisotopic (exact) mass is 562 g/mol. The molecular weight excluding hydrogens is 540 g/mol. The number of carbonyl (C=O) groups is 2. The lowest BCUT2D eigenvalue weighted by Crippen LogP contribution is -2.29. The molecule has 0 spiro atoms. The summed E-state index contributed by atoms with van der Waals surface area (Å²) in [5.41, 5.74) is 1.56. The zero-order valence-electron chi connectivity index (χ0n) is 20.8. The lowest BCUT2D eigenvalue weighted by molar-refractivity contribution is -0.132. The van der Waals surface area contributed by atoms with Gasteiger partial charge >= 0.3 is 5.91 Å². The molecule has 3 aromatic carbocycles. The molecule has 1 atom stereocenters. The van der Waals surface area contributed by atoms with Crippen LogP contribution in [0, 0.1) is 0 Å². The fraction of sp³-hybridized carbons (Fsp3) is 0.207. The van der Waals surface area contributed by atoms with Crippen LogP contribution in [0.1, 0.15) is 30.5 Å². The summed E-state index contributed by atoms with van der Waals surface area (Å²) in [7, 11) is 0. The Morgan fingerprint density at radius 1 is 1.08 bits per heavy atom. The second-order valence-electron chi connectivity index (χ2n) is 9.05. The minimum Gasteiger partial charge on any atom is -0.507 e. The number of ether oxygens (including phenoxy) is 3. The van der Waals surface area contributed by atoms with Gasteiger partial charge in [0, 0.05) is 10.6 Å². The fourth-order valence-corrected chi connectivity index (χ4v) is 5.92. The largest absolute Gasteiger partial charge is 0.507 e. The Balaban J connectivity index is 1.50. The van der Waals surface area contributed by atoms with Crippen molar-refractivity contribution in [3.8, 4) is 17.2 Å². The molecule has 2 aliphatic rings. The molecule has 39 heavy (non-hydrogen) atoms. The van der Waals surface area contributed by atoms with E-state index in [-0.39, 0.29) is 11.3 Å². The number of rotatable bonds is 6. The average Bonchev–Trinajstić information content (AvgIpc) is 3.48. The smallest absolute Gasteiger partial charge is 0.301 e. The third-order valence-electron chi connectivity index (χ3n) is 6.47. The van der Waals surface area contributed by atoms with E-state index in [2.05, 4.69) is 4.98 Å². The van der Waals surface area contributed by atoms with E-state index in [1.54, 1.807) is 60.7 Å². The summed E-state index contributed by atoms with van der Waals surface area (Å²) in [6.07, 6.45) is 0.860. The SMILES string of the molecule is CCCOc1ccc(C2C(=C(O)c3ccc4c(c3)OCCO4)C(=O)C(=O)N2c2nc3ccc(Cl)cc3s2)cc1. The molecule has 1 saturated heterocycles. The van der Waals surface area contributed by atoms with Gasteiger partial charge in [-0.15, -0.1) is 0 Å². The standard InChI is InChI=1S/C29H23ClN2O6S/c1-2-11-36-19-7-3-16(4-8-19)25-24(26(33)17-5-10-21-22(14-17)38-13-12-37-21)27(34)28(35)32(25)29-31-20-9-6-18(30)15-23(20)39-29/h3-10,14-15,25,33H,2,11-13H2,1H3. The number of nitrogens with zero attached hydrogens (tertiary/aromatic N) is 2. The number of amides is 1. The Bertz CT molecular complexity index is 1630. The van der Waals surface area contributed by atoms with Gasteiger partial charge in [-0.25, -0.2) is 4.98 Å². The summed E-state index contributed by atoms with van der Waals surface area (Å²) in [4.78, 5) is 33.0. The summed E-state index contributed by atoms with van der Waals surface area (Å²) < 4.78 is 17.7. The number of carbonyl (C=O) groups excluding carboxylic acids is 2. The van der Waals surface area contributed by atoms with E-state index in [0.29, 0.717) is 63.9 Å². The first kappa shape index (κ1) is 25.2. The van der Waals surface area contributed by atoms with Gasteiger partial charge < -0.3 is 19.3 Å². The topological polar surface area (TPSA) is 98.2 Å². The van der Waals surface area contributed by atoms with Crippen LogP contribution in [0.15, 0.2) is 66.2 Å². The van der Waals surface area contributed by atoms with E-state index in [9.17, 15) is 14.7 Å². The van der Waals surface area contributed by atoms with Gasteiger partial charge in [0.15, 0.2) is 16.6 Å². The molecule has 4 aromatic rings. The molecule has 2 aliphatic heterocycles. The van der Waals surface area contributed by atoms with Crippen LogP contribution >= 0.6 is 22.9 Å². The van der Waals surface area contributed by atoms with Gasteiger partial charge in [-0.3, -0.25) is 14.5 Å². The van der Waals surface area contributed by atoms with Crippen molar-refractivity contribution >= 4 is 55.7 Å². The van der Waals surface area contributed by atoms with Crippen molar-refractivity contribution in [3.63, 3.8) is 0 Å². The maximum Gasteiger partial charge on any atom is 0.301 e. The Hall–Kier alpha value is -4.08. The fourth-order valence-electron chi connectivity index (χ4n) is 4.65. The van der Waals surface area contributed by atoms with Crippen LogP contribution in [-0.4, -0.2) is 41.6 Å². The lowest BCUT2D eigenvalue weighted by atomic mass is 9.95. The van der Waals surface area contributed by atoms with Crippen molar-refractivity contribution in [1.82, 2.24) is 4.98 Å². The van der Waals surface area contributed by atoms with Crippen LogP contribution in [0.3, 0.4) is 0 Å². The molecule has 0 bridgehead atoms. The van der Waals surface area contributed by atoms with Crippen LogP contribution in [0.5, 0.6) is 17.2 Å². The third-order valence-corrected chi connectivity index (χ3v) is 7.73. The molecule has 0 aliphatic carbocycles. The minimum absolute atomic E-state index is 0.0452. The maximum absolute atomic E-state index is 13.5. The Labute approximate surface area is 233 Å². The van der Waals surface area contributed by atoms with Gasteiger partial charge in [0.1, 0.15) is 24.7 Å². The first-order chi connectivity index (χ1) is 18.9. The number of halogens is 1. The van der Waals surface area contributed by atoms with E-state index in [1.165, 1.54) is 16.2 Å². The van der Waals surface area contributed by atoms with E-state index < -0.39 is 17.7 Å². The number of hydrogen-bond acceptors (Lipinski definition) is 8. The van der Waals surface area contributed by atoms with Gasteiger partial charge in [0.2, 0.25) is 0 Å². The Morgan fingerprint density at radius 3 is 2.62 bits per heavy atom. The van der Waals surface area contributed by atoms with Crippen molar-refractivity contribution in [2.45, 2.75) is 19.4 Å². The van der Waals surface area contributed by atoms with Crippen LogP contribution < -0.4 is 19.1 Å². The zero-order valence-corrected chi connectivity index (χ0v) is 22.4. The Kier molecular flexibility index (Phi) is 6.62. The second-order valence-corrected chi connectivity index (χ2v) is 10.5. The molecule has 6 rings (SSSR count). The van der Waals surface area contributed by atoms with Crippen molar-refractivity contribution in [3.05, 3.63) is 82.4 Å². The molecule has 8 nitrogen and oxygen atoms in total. The van der Waals surface area contributed by atoms with Crippen LogP contribution in [0.4, 0.5) is 5.13 Å². The predicted molar refractivity (Wildman–Crippen MR) is 149 cm³/mol. The second kappa shape index (κ2) is 10.2. The van der Waals surface area contributed by atoms with E-state index in [0.717, 1.165) is 11.1 Å². The number of fused-ring (bicyclic) bond motifs is 2. The number of Topliss-reactive ketones (excluding diaryl/α,β-unsaturated/α-hetero) is 1. The highest BCUT2D eigenvalue weighted by atomic mass is 35.5. The molecule has 1 amide bonds. The number of thiazole rings is 1. The summed E-state index contributed by atoms with van der Waals surface area (Å²) in [5.74, 6) is -0.235. The van der Waals surface area contributed by atoms with Crippen LogP contribution in [-0.2, 0) is 9.59 Å². The number of aliphatic hydroxyl groups excluding tert-OH is 1. The molecule has 1 unspecified atom stereocenters. The molecule has 10 heteroatoms. The highest BCUT2D eigenvalue weighted by molar-refractivity contribution is 7.22. The van der Waals surface area contributed by atoms with Crippen molar-refractivity contribution < 1.29 is 28.9 Å². The van der Waals surface area contributed by atoms with Gasteiger partial charge in [-0.05, 0) is 60.5 Å². The molecule has 0 radical (unpaired) electrons. The average molecular weight is 563 g/mol. The number of anilines is 1. The van der Waals surface area contributed by atoms with Crippen molar-refractivity contribution in [2.24, 2.45) is 0 Å². The maximum atomic E-state index is 13.5. The molecule has 1 fully saturated rings. The number of hydrogen-bond donors (Lipinski definition) is 1. The lowest BCUT2D eigenvalue weighted by Gasteiger charge is -2.23. The number of aromatic nitrogens is 1. The predicted octanol–water partition coefficient (Wildman–Crippen LogP) is 6.14. The van der Waals surface area contributed by atoms with Crippen molar-refractivity contribution in [1.29, 1.82) is 0 Å². The summed E-state index contributed by atoms with van der Waals surface area (Å²) >= 11 is 7.42.